The fourth-order valence-electron chi connectivity index (χ4n) is 2.93. The van der Waals surface area contributed by atoms with Crippen molar-refractivity contribution in [3.63, 3.8) is 0 Å². The molecule has 0 spiro atoms. The predicted molar refractivity (Wildman–Crippen MR) is 120 cm³/mol. The van der Waals surface area contributed by atoms with Gasteiger partial charge in [0, 0.05) is 11.3 Å². The molecule has 0 saturated heterocycles. The van der Waals surface area contributed by atoms with Crippen LogP contribution < -0.4 is 14.8 Å². The Hall–Kier alpha value is -3.88. The zero-order valence-corrected chi connectivity index (χ0v) is 17.7. The minimum atomic E-state index is -3.78. The van der Waals surface area contributed by atoms with Gasteiger partial charge in [0.2, 0.25) is 10.0 Å². The van der Waals surface area contributed by atoms with E-state index in [-0.39, 0.29) is 17.3 Å². The van der Waals surface area contributed by atoms with Crippen LogP contribution in [-0.2, 0) is 16.6 Å². The summed E-state index contributed by atoms with van der Waals surface area (Å²) < 4.78 is 38.5. The molecule has 0 radical (unpaired) electrons. The third-order valence-electron chi connectivity index (χ3n) is 4.49. The quantitative estimate of drug-likeness (QED) is 0.403. The SMILES string of the molecule is O=C(Nc1cccc(S(=O)(=O)NCc2ccco2)c1)c1cccc(Oc2ccccc2)c1. The zero-order valence-electron chi connectivity index (χ0n) is 16.9. The molecule has 0 aliphatic rings. The van der Waals surface area contributed by atoms with Gasteiger partial charge in [0.05, 0.1) is 17.7 Å². The van der Waals surface area contributed by atoms with Crippen molar-refractivity contribution in [2.45, 2.75) is 11.4 Å². The highest BCUT2D eigenvalue weighted by molar-refractivity contribution is 7.89. The first kappa shape index (κ1) is 21.4. The first-order chi connectivity index (χ1) is 15.5. The van der Waals surface area contributed by atoms with Crippen LogP contribution in [0.3, 0.4) is 0 Å². The highest BCUT2D eigenvalue weighted by Gasteiger charge is 2.16. The van der Waals surface area contributed by atoms with Gasteiger partial charge in [-0.2, -0.15) is 0 Å². The van der Waals surface area contributed by atoms with E-state index in [0.717, 1.165) is 0 Å². The molecule has 4 aromatic rings. The van der Waals surface area contributed by atoms with Gasteiger partial charge >= 0.3 is 0 Å². The molecule has 0 aliphatic carbocycles. The lowest BCUT2D eigenvalue weighted by atomic mass is 10.2. The molecule has 3 aromatic carbocycles. The molecule has 0 bridgehead atoms. The summed E-state index contributed by atoms with van der Waals surface area (Å²) in [5, 5.41) is 2.73. The van der Waals surface area contributed by atoms with Crippen LogP contribution in [0.4, 0.5) is 5.69 Å². The summed E-state index contributed by atoms with van der Waals surface area (Å²) in [5.74, 6) is 1.28. The molecule has 8 heteroatoms. The van der Waals surface area contributed by atoms with E-state index in [1.54, 1.807) is 48.5 Å². The third kappa shape index (κ3) is 5.42. The largest absolute Gasteiger partial charge is 0.468 e. The number of sulfonamides is 1. The second-order valence-corrected chi connectivity index (χ2v) is 8.60. The van der Waals surface area contributed by atoms with Crippen molar-refractivity contribution < 1.29 is 22.4 Å². The number of hydrogen-bond donors (Lipinski definition) is 2. The number of ether oxygens (including phenoxy) is 1. The Morgan fingerprint density at radius 3 is 2.41 bits per heavy atom. The molecule has 1 aromatic heterocycles. The molecule has 1 heterocycles. The van der Waals surface area contributed by atoms with Gasteiger partial charge in [-0.05, 0) is 60.7 Å². The molecule has 1 amide bonds. The maximum absolute atomic E-state index is 12.7. The van der Waals surface area contributed by atoms with Crippen LogP contribution in [0.1, 0.15) is 16.1 Å². The molecule has 0 saturated carbocycles. The van der Waals surface area contributed by atoms with E-state index in [1.165, 1.54) is 18.4 Å². The Labute approximate surface area is 185 Å². The highest BCUT2D eigenvalue weighted by Crippen LogP contribution is 2.23. The fraction of sp³-hybridized carbons (Fsp3) is 0.0417. The Balaban J connectivity index is 1.45. The van der Waals surface area contributed by atoms with Crippen LogP contribution in [0, 0.1) is 0 Å². The van der Waals surface area contributed by atoms with Crippen molar-refractivity contribution in [2.24, 2.45) is 0 Å². The molecule has 2 N–H and O–H groups in total. The summed E-state index contributed by atoms with van der Waals surface area (Å²) in [4.78, 5) is 12.7. The summed E-state index contributed by atoms with van der Waals surface area (Å²) >= 11 is 0. The van der Waals surface area contributed by atoms with Crippen molar-refractivity contribution >= 4 is 21.6 Å². The Kier molecular flexibility index (Phi) is 6.34. The van der Waals surface area contributed by atoms with Crippen LogP contribution in [-0.4, -0.2) is 14.3 Å². The average molecular weight is 449 g/mol. The number of furan rings is 1. The van der Waals surface area contributed by atoms with Gasteiger partial charge in [0.1, 0.15) is 17.3 Å². The first-order valence-electron chi connectivity index (χ1n) is 9.76. The maximum atomic E-state index is 12.7. The summed E-state index contributed by atoms with van der Waals surface area (Å²) in [7, 11) is -3.78. The summed E-state index contributed by atoms with van der Waals surface area (Å²) in [6.07, 6.45) is 1.47. The van der Waals surface area contributed by atoms with E-state index in [9.17, 15) is 13.2 Å². The number of amides is 1. The van der Waals surface area contributed by atoms with Crippen LogP contribution in [0.25, 0.3) is 0 Å². The first-order valence-corrected chi connectivity index (χ1v) is 11.2. The standard InChI is InChI=1S/C24H20N2O5S/c27-24(18-7-4-11-21(15-18)31-20-9-2-1-3-10-20)26-19-8-5-13-23(16-19)32(28,29)25-17-22-12-6-14-30-22/h1-16,25H,17H2,(H,26,27). The second-order valence-electron chi connectivity index (χ2n) is 6.83. The van der Waals surface area contributed by atoms with Gasteiger partial charge in [-0.25, -0.2) is 13.1 Å². The molecular weight excluding hydrogens is 428 g/mol. The molecule has 7 nitrogen and oxygen atoms in total. The van der Waals surface area contributed by atoms with Crippen LogP contribution in [0.2, 0.25) is 0 Å². The number of nitrogens with one attached hydrogen (secondary N) is 2. The monoisotopic (exact) mass is 448 g/mol. The van der Waals surface area contributed by atoms with E-state index in [4.69, 9.17) is 9.15 Å². The molecule has 32 heavy (non-hydrogen) atoms. The van der Waals surface area contributed by atoms with Gasteiger partial charge in [-0.15, -0.1) is 0 Å². The van der Waals surface area contributed by atoms with Crippen molar-refractivity contribution in [3.05, 3.63) is 109 Å². The molecule has 162 valence electrons. The minimum absolute atomic E-state index is 0.0279. The highest BCUT2D eigenvalue weighted by atomic mass is 32.2. The molecule has 0 fully saturated rings. The van der Waals surface area contributed by atoms with E-state index in [0.29, 0.717) is 28.5 Å². The van der Waals surface area contributed by atoms with E-state index in [2.05, 4.69) is 10.0 Å². The van der Waals surface area contributed by atoms with Gasteiger partial charge < -0.3 is 14.5 Å². The summed E-state index contributed by atoms with van der Waals surface area (Å²) in [5.41, 5.74) is 0.730. The van der Waals surface area contributed by atoms with E-state index in [1.807, 2.05) is 30.3 Å². The van der Waals surface area contributed by atoms with Gasteiger partial charge in [-0.3, -0.25) is 4.79 Å². The Bertz CT molecular complexity index is 1300. The molecule has 0 atom stereocenters. The fourth-order valence-corrected chi connectivity index (χ4v) is 3.97. The lowest BCUT2D eigenvalue weighted by molar-refractivity contribution is 0.102. The number of carbonyl (C=O) groups is 1. The smallest absolute Gasteiger partial charge is 0.255 e. The number of carbonyl (C=O) groups excluding carboxylic acids is 1. The molecular formula is C24H20N2O5S. The number of benzene rings is 3. The minimum Gasteiger partial charge on any atom is -0.468 e. The summed E-state index contributed by atoms with van der Waals surface area (Å²) in [6, 6.07) is 25.4. The van der Waals surface area contributed by atoms with Gasteiger partial charge in [0.15, 0.2) is 0 Å². The Morgan fingerprint density at radius 1 is 0.844 bits per heavy atom. The molecule has 4 rings (SSSR count). The maximum Gasteiger partial charge on any atom is 0.255 e. The average Bonchev–Trinajstić information content (AvgIpc) is 3.33. The van der Waals surface area contributed by atoms with Crippen molar-refractivity contribution in [3.8, 4) is 11.5 Å². The zero-order chi connectivity index (χ0) is 22.4. The van der Waals surface area contributed by atoms with E-state index < -0.39 is 10.0 Å². The predicted octanol–water partition coefficient (Wildman–Crippen LogP) is 4.80. The Morgan fingerprint density at radius 2 is 1.62 bits per heavy atom. The number of rotatable bonds is 8. The molecule has 0 unspecified atom stereocenters. The van der Waals surface area contributed by atoms with Crippen LogP contribution in [0.15, 0.2) is 107 Å². The van der Waals surface area contributed by atoms with Crippen molar-refractivity contribution in [2.75, 3.05) is 5.32 Å². The van der Waals surface area contributed by atoms with Crippen LogP contribution >= 0.6 is 0 Å². The topological polar surface area (TPSA) is 97.6 Å². The number of hydrogen-bond acceptors (Lipinski definition) is 5. The van der Waals surface area contributed by atoms with Gasteiger partial charge in [-0.1, -0.05) is 30.3 Å². The van der Waals surface area contributed by atoms with E-state index >= 15 is 0 Å². The van der Waals surface area contributed by atoms with Crippen LogP contribution in [0.5, 0.6) is 11.5 Å². The van der Waals surface area contributed by atoms with Crippen molar-refractivity contribution in [1.82, 2.24) is 4.72 Å². The lowest BCUT2D eigenvalue weighted by Gasteiger charge is -2.10. The lowest BCUT2D eigenvalue weighted by Crippen LogP contribution is -2.23. The van der Waals surface area contributed by atoms with Crippen molar-refractivity contribution in [1.29, 1.82) is 0 Å². The normalized spacial score (nSPS) is 11.1. The summed E-state index contributed by atoms with van der Waals surface area (Å²) in [6.45, 7) is 0.0279. The molecule has 0 aliphatic heterocycles. The number of anilines is 1. The number of para-hydroxylation sites is 1. The van der Waals surface area contributed by atoms with Gasteiger partial charge in [0.25, 0.3) is 5.91 Å². The second kappa shape index (κ2) is 9.51. The third-order valence-corrected chi connectivity index (χ3v) is 5.89.